The molecule has 136 valence electrons. The van der Waals surface area contributed by atoms with E-state index >= 15 is 0 Å². The molecule has 1 unspecified atom stereocenters. The van der Waals surface area contributed by atoms with Crippen LogP contribution in [-0.4, -0.2) is 43.6 Å². The lowest BCUT2D eigenvalue weighted by molar-refractivity contribution is -0.132. The van der Waals surface area contributed by atoms with Gasteiger partial charge in [-0.1, -0.05) is 36.4 Å². The number of piperidine rings is 1. The predicted molar refractivity (Wildman–Crippen MR) is 105 cm³/mol. The third kappa shape index (κ3) is 5.10. The van der Waals surface area contributed by atoms with E-state index in [-0.39, 0.29) is 18.3 Å². The highest BCUT2D eigenvalue weighted by Gasteiger charge is 2.21. The first kappa shape index (κ1) is 19.5. The molecule has 1 amide bonds. The molecular weight excluding hydrogens is 336 g/mol. The number of likely N-dealkylation sites (N-methyl/N-ethyl adjacent to an activating group) is 1. The summed E-state index contributed by atoms with van der Waals surface area (Å²) in [6.07, 6.45) is 3.55. The molecule has 1 aliphatic heterocycles. The van der Waals surface area contributed by atoms with Gasteiger partial charge in [-0.25, -0.2) is 0 Å². The Hall–Kier alpha value is -1.78. The minimum absolute atomic E-state index is 0. The Balaban J connectivity index is 0.00000225. The van der Waals surface area contributed by atoms with Crippen LogP contribution in [0.3, 0.4) is 0 Å². The zero-order valence-electron chi connectivity index (χ0n) is 14.7. The average molecular weight is 363 g/mol. The number of hydrogen-bond donors (Lipinski definition) is 1. The van der Waals surface area contributed by atoms with Crippen LogP contribution in [0.5, 0.6) is 5.75 Å². The van der Waals surface area contributed by atoms with Gasteiger partial charge in [0.1, 0.15) is 5.75 Å². The van der Waals surface area contributed by atoms with Crippen molar-refractivity contribution in [2.45, 2.75) is 31.7 Å². The largest absolute Gasteiger partial charge is 0.493 e. The van der Waals surface area contributed by atoms with Gasteiger partial charge < -0.3 is 15.0 Å². The summed E-state index contributed by atoms with van der Waals surface area (Å²) in [7, 11) is 1.97. The molecule has 25 heavy (non-hydrogen) atoms. The zero-order chi connectivity index (χ0) is 16.8. The van der Waals surface area contributed by atoms with E-state index in [2.05, 4.69) is 23.5 Å². The van der Waals surface area contributed by atoms with E-state index in [1.165, 1.54) is 5.39 Å². The summed E-state index contributed by atoms with van der Waals surface area (Å²) >= 11 is 0. The molecular formula is C20H27ClN2O2. The molecule has 0 saturated carbocycles. The fraction of sp³-hybridized carbons (Fsp3) is 0.450. The lowest BCUT2D eigenvalue weighted by atomic mass is 10.1. The van der Waals surface area contributed by atoms with Crippen molar-refractivity contribution in [2.75, 3.05) is 26.7 Å². The summed E-state index contributed by atoms with van der Waals surface area (Å²) in [5, 5.41) is 5.58. The van der Waals surface area contributed by atoms with Crippen LogP contribution in [0.15, 0.2) is 42.5 Å². The third-order valence-corrected chi connectivity index (χ3v) is 4.72. The molecule has 4 nitrogen and oxygen atoms in total. The van der Waals surface area contributed by atoms with Gasteiger partial charge >= 0.3 is 0 Å². The van der Waals surface area contributed by atoms with E-state index in [9.17, 15) is 4.79 Å². The fourth-order valence-corrected chi connectivity index (χ4v) is 3.32. The lowest BCUT2D eigenvalue weighted by Gasteiger charge is -2.32. The molecule has 1 atom stereocenters. The molecule has 2 aromatic carbocycles. The number of fused-ring (bicyclic) bond motifs is 1. The van der Waals surface area contributed by atoms with Gasteiger partial charge in [-0.15, -0.1) is 12.4 Å². The lowest BCUT2D eigenvalue weighted by Crippen LogP contribution is -2.46. The molecule has 1 saturated heterocycles. The molecule has 0 aliphatic carbocycles. The molecule has 1 N–H and O–H groups in total. The number of carbonyl (C=O) groups excluding carboxylic acids is 1. The zero-order valence-corrected chi connectivity index (χ0v) is 15.6. The van der Waals surface area contributed by atoms with Crippen molar-refractivity contribution in [2.24, 2.45) is 0 Å². The number of likely N-dealkylation sites (tertiary alicyclic amines) is 1. The molecule has 0 spiro atoms. The Morgan fingerprint density at radius 3 is 2.88 bits per heavy atom. The number of ether oxygens (including phenoxy) is 1. The minimum Gasteiger partial charge on any atom is -0.493 e. The Morgan fingerprint density at radius 1 is 1.24 bits per heavy atom. The van der Waals surface area contributed by atoms with Crippen LogP contribution in [-0.2, 0) is 4.79 Å². The molecule has 0 bridgehead atoms. The normalized spacial score (nSPS) is 17.2. The van der Waals surface area contributed by atoms with Gasteiger partial charge in [0.25, 0.3) is 0 Å². The molecule has 0 aromatic heterocycles. The number of hydrogen-bond acceptors (Lipinski definition) is 3. The van der Waals surface area contributed by atoms with Gasteiger partial charge in [0.15, 0.2) is 0 Å². The second kappa shape index (κ2) is 9.64. The number of carbonyl (C=O) groups is 1. The SMILES string of the molecule is CNC1CCCN(C(=O)CCCOc2cccc3ccccc23)C1.Cl. The number of nitrogens with one attached hydrogen (secondary N) is 1. The molecule has 0 radical (unpaired) electrons. The Morgan fingerprint density at radius 2 is 2.04 bits per heavy atom. The monoisotopic (exact) mass is 362 g/mol. The van der Waals surface area contributed by atoms with Crippen molar-refractivity contribution in [3.63, 3.8) is 0 Å². The van der Waals surface area contributed by atoms with E-state index in [1.54, 1.807) is 0 Å². The van der Waals surface area contributed by atoms with E-state index in [1.807, 2.05) is 36.2 Å². The van der Waals surface area contributed by atoms with Crippen molar-refractivity contribution in [1.29, 1.82) is 0 Å². The standard InChI is InChI=1S/C20H26N2O2.ClH/c1-21-17-9-5-13-22(15-17)20(23)12-6-14-24-19-11-4-8-16-7-2-3-10-18(16)19;/h2-4,7-8,10-11,17,21H,5-6,9,12-15H2,1H3;1H. The Kier molecular flexibility index (Phi) is 7.53. The van der Waals surface area contributed by atoms with Crippen LogP contribution < -0.4 is 10.1 Å². The first-order valence-electron chi connectivity index (χ1n) is 8.83. The van der Waals surface area contributed by atoms with E-state index in [0.29, 0.717) is 19.1 Å². The van der Waals surface area contributed by atoms with Crippen LogP contribution >= 0.6 is 12.4 Å². The maximum atomic E-state index is 12.3. The second-order valence-corrected chi connectivity index (χ2v) is 6.40. The second-order valence-electron chi connectivity index (χ2n) is 6.40. The number of amides is 1. The third-order valence-electron chi connectivity index (χ3n) is 4.72. The van der Waals surface area contributed by atoms with Gasteiger partial charge in [0, 0.05) is 30.9 Å². The maximum absolute atomic E-state index is 12.3. The van der Waals surface area contributed by atoms with E-state index in [0.717, 1.165) is 43.5 Å². The van der Waals surface area contributed by atoms with Gasteiger partial charge in [0.2, 0.25) is 5.91 Å². The van der Waals surface area contributed by atoms with E-state index in [4.69, 9.17) is 4.74 Å². The van der Waals surface area contributed by atoms with Crippen LogP contribution in [0.25, 0.3) is 10.8 Å². The molecule has 2 aromatic rings. The molecule has 1 heterocycles. The number of rotatable bonds is 6. The summed E-state index contributed by atoms with van der Waals surface area (Å²) in [6.45, 7) is 2.30. The van der Waals surface area contributed by atoms with Gasteiger partial charge in [0.05, 0.1) is 6.61 Å². The van der Waals surface area contributed by atoms with Crippen LogP contribution in [0.2, 0.25) is 0 Å². The van der Waals surface area contributed by atoms with E-state index < -0.39 is 0 Å². The van der Waals surface area contributed by atoms with Gasteiger partial charge in [-0.2, -0.15) is 0 Å². The van der Waals surface area contributed by atoms with Crippen molar-refractivity contribution in [3.8, 4) is 5.75 Å². The topological polar surface area (TPSA) is 41.6 Å². The highest BCUT2D eigenvalue weighted by atomic mass is 35.5. The predicted octanol–water partition coefficient (Wildman–Crippen LogP) is 3.63. The highest BCUT2D eigenvalue weighted by molar-refractivity contribution is 5.88. The van der Waals surface area contributed by atoms with Gasteiger partial charge in [-0.3, -0.25) is 4.79 Å². The molecule has 1 fully saturated rings. The first-order chi connectivity index (χ1) is 11.8. The Labute approximate surface area is 155 Å². The summed E-state index contributed by atoms with van der Waals surface area (Å²) in [5.74, 6) is 1.14. The van der Waals surface area contributed by atoms with Crippen molar-refractivity contribution in [3.05, 3.63) is 42.5 Å². The molecule has 5 heteroatoms. The van der Waals surface area contributed by atoms with Crippen LogP contribution in [0.4, 0.5) is 0 Å². The van der Waals surface area contributed by atoms with Crippen LogP contribution in [0, 0.1) is 0 Å². The van der Waals surface area contributed by atoms with Gasteiger partial charge in [-0.05, 0) is 37.8 Å². The summed E-state index contributed by atoms with van der Waals surface area (Å²) in [4.78, 5) is 14.3. The fourth-order valence-electron chi connectivity index (χ4n) is 3.32. The first-order valence-corrected chi connectivity index (χ1v) is 8.83. The van der Waals surface area contributed by atoms with Crippen LogP contribution in [0.1, 0.15) is 25.7 Å². The quantitative estimate of drug-likeness (QED) is 0.798. The highest BCUT2D eigenvalue weighted by Crippen LogP contribution is 2.25. The number of benzene rings is 2. The number of halogens is 1. The summed E-state index contributed by atoms with van der Waals surface area (Å²) in [6, 6.07) is 14.7. The minimum atomic E-state index is 0. The molecule has 3 rings (SSSR count). The smallest absolute Gasteiger partial charge is 0.222 e. The molecule has 1 aliphatic rings. The summed E-state index contributed by atoms with van der Waals surface area (Å²) in [5.41, 5.74) is 0. The summed E-state index contributed by atoms with van der Waals surface area (Å²) < 4.78 is 5.92. The van der Waals surface area contributed by atoms with Crippen molar-refractivity contribution >= 4 is 29.1 Å². The average Bonchev–Trinajstić information content (AvgIpc) is 2.65. The maximum Gasteiger partial charge on any atom is 0.222 e. The van der Waals surface area contributed by atoms with Crippen molar-refractivity contribution in [1.82, 2.24) is 10.2 Å². The van der Waals surface area contributed by atoms with Crippen molar-refractivity contribution < 1.29 is 9.53 Å². The number of nitrogens with zero attached hydrogens (tertiary/aromatic N) is 1. The Bertz CT molecular complexity index is 687.